The number of ether oxygens (including phenoxy) is 2. The summed E-state index contributed by atoms with van der Waals surface area (Å²) >= 11 is 13.4. The Kier molecular flexibility index (Phi) is 8.23. The number of carbonyl (C=O) groups excluding carboxylic acids is 3. The number of esters is 1. The highest BCUT2D eigenvalue weighted by Gasteiger charge is 2.40. The Balaban J connectivity index is 1.49. The number of Topliss-reactive ketones (excluding diaryl/α,β-unsaturated/α-hetero) is 1. The molecule has 1 saturated carbocycles. The number of methoxy groups -OCH3 is 1. The second-order valence-electron chi connectivity index (χ2n) is 8.88. The molecule has 36 heavy (non-hydrogen) atoms. The summed E-state index contributed by atoms with van der Waals surface area (Å²) in [6, 6.07) is -0.560. The lowest BCUT2D eigenvalue weighted by Crippen LogP contribution is -2.45. The molecule has 1 amide bonds. The number of aryl methyl sites for hydroxylation is 1. The van der Waals surface area contributed by atoms with Crippen LogP contribution in [-0.2, 0) is 9.47 Å². The van der Waals surface area contributed by atoms with Gasteiger partial charge in [0.05, 0.1) is 28.8 Å². The van der Waals surface area contributed by atoms with E-state index in [9.17, 15) is 18.8 Å². The van der Waals surface area contributed by atoms with Gasteiger partial charge in [0.2, 0.25) is 0 Å². The first-order valence-corrected chi connectivity index (χ1v) is 13.2. The molecule has 0 bridgehead atoms. The smallest absolute Gasteiger partial charge is 0.350 e. The molecular formula is C23H27Cl2FN4O5S. The van der Waals surface area contributed by atoms with Crippen molar-refractivity contribution in [2.75, 3.05) is 31.7 Å². The number of alkyl halides is 1. The summed E-state index contributed by atoms with van der Waals surface area (Å²) in [4.78, 5) is 47.5. The Morgan fingerprint density at radius 1 is 1.31 bits per heavy atom. The van der Waals surface area contributed by atoms with Crippen LogP contribution in [0, 0.1) is 12.8 Å². The molecule has 2 unspecified atom stereocenters. The molecule has 196 valence electrons. The molecule has 0 aromatic carbocycles. The van der Waals surface area contributed by atoms with Gasteiger partial charge in [0, 0.05) is 38.7 Å². The molecule has 13 heteroatoms. The Morgan fingerprint density at radius 3 is 2.61 bits per heavy atom. The Labute approximate surface area is 221 Å². The van der Waals surface area contributed by atoms with Crippen LogP contribution >= 0.6 is 34.5 Å². The molecule has 2 N–H and O–H groups in total. The number of carbonyl (C=O) groups is 3. The fourth-order valence-electron chi connectivity index (χ4n) is 4.23. The lowest BCUT2D eigenvalue weighted by Gasteiger charge is -2.37. The van der Waals surface area contributed by atoms with E-state index in [0.29, 0.717) is 35.4 Å². The average Bonchev–Trinajstić information content (AvgIpc) is 3.26. The Bertz CT molecular complexity index is 1170. The third-order valence-corrected chi connectivity index (χ3v) is 8.41. The average molecular weight is 561 g/mol. The monoisotopic (exact) mass is 560 g/mol. The first-order valence-electron chi connectivity index (χ1n) is 11.6. The van der Waals surface area contributed by atoms with Crippen molar-refractivity contribution in [3.05, 3.63) is 32.0 Å². The summed E-state index contributed by atoms with van der Waals surface area (Å²) in [5.74, 6) is -1.49. The van der Waals surface area contributed by atoms with Gasteiger partial charge in [-0.25, -0.2) is 14.2 Å². The van der Waals surface area contributed by atoms with Gasteiger partial charge >= 0.3 is 5.97 Å². The maximum Gasteiger partial charge on any atom is 0.350 e. The Morgan fingerprint density at radius 2 is 2.03 bits per heavy atom. The van der Waals surface area contributed by atoms with E-state index < -0.39 is 24.1 Å². The summed E-state index contributed by atoms with van der Waals surface area (Å²) in [5.41, 5.74) is 0.845. The fraction of sp³-hybridized carbons (Fsp3) is 0.565. The Hall–Kier alpha value is -2.21. The summed E-state index contributed by atoms with van der Waals surface area (Å²) in [6.07, 6.45) is -0.314. The summed E-state index contributed by atoms with van der Waals surface area (Å²) in [7, 11) is 1.57. The molecule has 1 aliphatic heterocycles. The molecule has 2 aliphatic rings. The highest BCUT2D eigenvalue weighted by Crippen LogP contribution is 2.35. The van der Waals surface area contributed by atoms with Gasteiger partial charge in [0.1, 0.15) is 16.7 Å². The van der Waals surface area contributed by atoms with Gasteiger partial charge in [-0.2, -0.15) is 0 Å². The van der Waals surface area contributed by atoms with Gasteiger partial charge in [-0.1, -0.05) is 34.5 Å². The van der Waals surface area contributed by atoms with Crippen molar-refractivity contribution in [2.45, 2.75) is 51.4 Å². The van der Waals surface area contributed by atoms with Crippen molar-refractivity contribution in [1.82, 2.24) is 15.3 Å². The van der Waals surface area contributed by atoms with Crippen molar-refractivity contribution < 1.29 is 28.2 Å². The molecule has 0 radical (unpaired) electrons. The lowest BCUT2D eigenvalue weighted by molar-refractivity contribution is 0.0375. The number of anilines is 1. The zero-order valence-electron chi connectivity index (χ0n) is 20.0. The number of hydrogen-bond donors (Lipinski definition) is 2. The highest BCUT2D eigenvalue weighted by atomic mass is 35.5. The van der Waals surface area contributed by atoms with Crippen LogP contribution in [-0.4, -0.2) is 72.8 Å². The van der Waals surface area contributed by atoms with E-state index in [1.807, 2.05) is 4.90 Å². The molecule has 0 spiro atoms. The van der Waals surface area contributed by atoms with Gasteiger partial charge in [0.15, 0.2) is 16.6 Å². The van der Waals surface area contributed by atoms with Crippen LogP contribution in [0.25, 0.3) is 0 Å². The van der Waals surface area contributed by atoms with E-state index in [-0.39, 0.29) is 58.5 Å². The minimum Gasteiger partial charge on any atom is -0.462 e. The minimum atomic E-state index is -1.08. The lowest BCUT2D eigenvalue weighted by atomic mass is 9.88. The number of rotatable bonds is 9. The zero-order chi connectivity index (χ0) is 26.1. The molecular weight excluding hydrogens is 534 g/mol. The molecule has 2 fully saturated rings. The minimum absolute atomic E-state index is 0.0697. The van der Waals surface area contributed by atoms with Crippen LogP contribution in [0.3, 0.4) is 0 Å². The van der Waals surface area contributed by atoms with E-state index in [1.54, 1.807) is 21.0 Å². The first kappa shape index (κ1) is 26.8. The van der Waals surface area contributed by atoms with Gasteiger partial charge in [0.25, 0.3) is 5.91 Å². The van der Waals surface area contributed by atoms with Gasteiger partial charge in [-0.15, -0.1) is 0 Å². The summed E-state index contributed by atoms with van der Waals surface area (Å²) in [6.45, 7) is 4.49. The van der Waals surface area contributed by atoms with Crippen LogP contribution in [0.15, 0.2) is 0 Å². The van der Waals surface area contributed by atoms with Crippen molar-refractivity contribution in [1.29, 1.82) is 0 Å². The molecule has 2 aromatic rings. The predicted molar refractivity (Wildman–Crippen MR) is 134 cm³/mol. The van der Waals surface area contributed by atoms with Gasteiger partial charge in [-0.05, 0) is 26.2 Å². The molecule has 1 aliphatic carbocycles. The highest BCUT2D eigenvalue weighted by molar-refractivity contribution is 7.17. The zero-order valence-corrected chi connectivity index (χ0v) is 22.4. The van der Waals surface area contributed by atoms with Gasteiger partial charge < -0.3 is 24.7 Å². The molecule has 4 rings (SSSR count). The third kappa shape index (κ3) is 5.53. The van der Waals surface area contributed by atoms with Crippen molar-refractivity contribution >= 4 is 57.3 Å². The number of nitrogens with zero attached hydrogens (tertiary/aromatic N) is 2. The molecule has 9 nitrogen and oxygen atoms in total. The number of H-pyrrole nitrogens is 1. The quantitative estimate of drug-likeness (QED) is 0.348. The number of hydrogen-bond acceptors (Lipinski definition) is 8. The largest absolute Gasteiger partial charge is 0.462 e. The van der Waals surface area contributed by atoms with Crippen LogP contribution in [0.4, 0.5) is 9.52 Å². The van der Waals surface area contributed by atoms with Crippen LogP contribution in [0.5, 0.6) is 0 Å². The first-order chi connectivity index (χ1) is 17.1. The number of nitrogens with one attached hydrogen (secondary N) is 2. The second-order valence-corrected chi connectivity index (χ2v) is 10.6. The van der Waals surface area contributed by atoms with E-state index in [0.717, 1.165) is 11.3 Å². The van der Waals surface area contributed by atoms with Crippen LogP contribution < -0.4 is 10.2 Å². The topological polar surface area (TPSA) is 114 Å². The number of halogens is 3. The van der Waals surface area contributed by atoms with E-state index >= 15 is 0 Å². The molecule has 2 aromatic heterocycles. The molecule has 4 atom stereocenters. The van der Waals surface area contributed by atoms with Gasteiger partial charge in [-0.3, -0.25) is 9.59 Å². The molecule has 3 heterocycles. The number of amides is 1. The maximum atomic E-state index is 13.3. The summed E-state index contributed by atoms with van der Waals surface area (Å²) in [5, 5.41) is 3.58. The second kappa shape index (κ2) is 11.0. The van der Waals surface area contributed by atoms with E-state index in [2.05, 4.69) is 15.3 Å². The fourth-order valence-corrected chi connectivity index (χ4v) is 5.65. The molecule has 1 saturated heterocycles. The summed E-state index contributed by atoms with van der Waals surface area (Å²) < 4.78 is 24.1. The third-order valence-electron chi connectivity index (χ3n) is 6.37. The standard InChI is InChI=1S/C23H27Cl2FN4O5S/c1-4-35-22(33)20-19(21(32)28-13-8-12(13)26)29-23(36-20)30-6-5-11(15(9-30)34-3)7-14(31)18-17(25)16(24)10(2)27-18/h11-13,15,27H,4-9H2,1-3H3,(H,28,32)/t11?,12-,13+,15?/m0/s1. The van der Waals surface area contributed by atoms with Crippen molar-refractivity contribution in [2.24, 2.45) is 5.92 Å². The van der Waals surface area contributed by atoms with Crippen molar-refractivity contribution in [3.63, 3.8) is 0 Å². The van der Waals surface area contributed by atoms with E-state index in [1.165, 1.54) is 0 Å². The maximum absolute atomic E-state index is 13.3. The number of piperidine rings is 1. The van der Waals surface area contributed by atoms with Crippen LogP contribution in [0.2, 0.25) is 10.0 Å². The number of ketones is 1. The SMILES string of the molecule is CCOC(=O)c1sc(N2CCC(CC(=O)c3[nH]c(C)c(Cl)c3Cl)C(OC)C2)nc1C(=O)N[C@@H]1C[C@@H]1F. The van der Waals surface area contributed by atoms with Crippen molar-refractivity contribution in [3.8, 4) is 0 Å². The normalized spacial score (nSPS) is 23.4. The number of aromatic amines is 1. The predicted octanol–water partition coefficient (Wildman–Crippen LogP) is 4.22. The van der Waals surface area contributed by atoms with Crippen LogP contribution in [0.1, 0.15) is 62.5 Å². The number of aromatic nitrogens is 2. The van der Waals surface area contributed by atoms with E-state index in [4.69, 9.17) is 32.7 Å². The number of thiazole rings is 1.